The molecule has 162 valence electrons. The Balaban J connectivity index is 1.59. The van der Waals surface area contributed by atoms with Crippen LogP contribution in [0.3, 0.4) is 0 Å². The Morgan fingerprint density at radius 1 is 1.12 bits per heavy atom. The number of benzene rings is 3. The van der Waals surface area contributed by atoms with Crippen LogP contribution in [0.15, 0.2) is 71.4 Å². The lowest BCUT2D eigenvalue weighted by Gasteiger charge is -2.13. The summed E-state index contributed by atoms with van der Waals surface area (Å²) in [6, 6.07) is 17.2. The molecule has 1 aliphatic heterocycles. The summed E-state index contributed by atoms with van der Waals surface area (Å²) in [6.45, 7) is 2.33. The van der Waals surface area contributed by atoms with Gasteiger partial charge in [0.25, 0.3) is 0 Å². The molecule has 0 aliphatic carbocycles. The molecule has 0 unspecified atom stereocenters. The second kappa shape index (κ2) is 9.24. The Morgan fingerprint density at radius 2 is 1.88 bits per heavy atom. The van der Waals surface area contributed by atoms with Gasteiger partial charge in [0.15, 0.2) is 17.2 Å². The fraction of sp³-hybridized carbons (Fsp3) is 0.120. The maximum atomic E-state index is 14.0. The first kappa shape index (κ1) is 21.6. The number of nitrogens with zero attached hydrogens (tertiary/aromatic N) is 1. The van der Waals surface area contributed by atoms with Gasteiger partial charge in [0.2, 0.25) is 5.90 Å². The predicted molar refractivity (Wildman–Crippen MR) is 121 cm³/mol. The fourth-order valence-corrected chi connectivity index (χ4v) is 3.39. The minimum atomic E-state index is -0.682. The molecule has 0 fully saturated rings. The van der Waals surface area contributed by atoms with E-state index in [1.807, 2.05) is 31.2 Å². The predicted octanol–water partition coefficient (Wildman–Crippen LogP) is 5.72. The lowest BCUT2D eigenvalue weighted by molar-refractivity contribution is -0.129. The largest absolute Gasteiger partial charge is 0.493 e. The van der Waals surface area contributed by atoms with E-state index in [1.54, 1.807) is 24.3 Å². The van der Waals surface area contributed by atoms with E-state index < -0.39 is 11.8 Å². The summed E-state index contributed by atoms with van der Waals surface area (Å²) >= 11 is 6.44. The van der Waals surface area contributed by atoms with E-state index in [1.165, 1.54) is 25.3 Å². The molecular weight excluding hydrogens is 433 g/mol. The molecule has 4 rings (SSSR count). The van der Waals surface area contributed by atoms with Crippen LogP contribution in [0.2, 0.25) is 5.02 Å². The molecule has 0 bridgehead atoms. The summed E-state index contributed by atoms with van der Waals surface area (Å²) in [5.74, 6) is -0.504. The highest BCUT2D eigenvalue weighted by atomic mass is 35.5. The van der Waals surface area contributed by atoms with Gasteiger partial charge in [-0.2, -0.15) is 0 Å². The van der Waals surface area contributed by atoms with Crippen molar-refractivity contribution in [1.29, 1.82) is 0 Å². The molecular formula is C25H19ClFNO4. The molecule has 3 aromatic carbocycles. The highest BCUT2D eigenvalue weighted by molar-refractivity contribution is 6.32. The number of aryl methyl sites for hydroxylation is 1. The van der Waals surface area contributed by atoms with E-state index in [2.05, 4.69) is 4.99 Å². The van der Waals surface area contributed by atoms with E-state index in [4.69, 9.17) is 25.8 Å². The lowest BCUT2D eigenvalue weighted by Crippen LogP contribution is -2.07. The first-order valence-electron chi connectivity index (χ1n) is 9.78. The quantitative estimate of drug-likeness (QED) is 0.355. The number of cyclic esters (lactones) is 1. The number of methoxy groups -OCH3 is 1. The summed E-state index contributed by atoms with van der Waals surface area (Å²) in [4.78, 5) is 16.4. The van der Waals surface area contributed by atoms with E-state index in [0.717, 1.165) is 11.1 Å². The molecule has 0 saturated heterocycles. The molecule has 0 amide bonds. The summed E-state index contributed by atoms with van der Waals surface area (Å²) in [5, 5.41) is 0.313. The molecule has 5 nitrogen and oxygen atoms in total. The number of carbonyl (C=O) groups is 1. The second-order valence-electron chi connectivity index (χ2n) is 7.12. The van der Waals surface area contributed by atoms with Crippen molar-refractivity contribution in [2.45, 2.75) is 13.5 Å². The van der Waals surface area contributed by atoms with Crippen molar-refractivity contribution in [3.05, 3.63) is 99.5 Å². The zero-order valence-electron chi connectivity index (χ0n) is 17.4. The molecule has 0 saturated carbocycles. The van der Waals surface area contributed by atoms with E-state index in [-0.39, 0.29) is 17.2 Å². The highest BCUT2D eigenvalue weighted by Crippen LogP contribution is 2.38. The van der Waals surface area contributed by atoms with E-state index in [9.17, 15) is 9.18 Å². The van der Waals surface area contributed by atoms with Crippen LogP contribution in [-0.4, -0.2) is 19.0 Å². The van der Waals surface area contributed by atoms with Gasteiger partial charge in [-0.1, -0.05) is 53.6 Å². The van der Waals surface area contributed by atoms with E-state index >= 15 is 0 Å². The molecule has 32 heavy (non-hydrogen) atoms. The zero-order chi connectivity index (χ0) is 22.7. The maximum absolute atomic E-state index is 14.0. The van der Waals surface area contributed by atoms with Crippen molar-refractivity contribution in [2.75, 3.05) is 7.11 Å². The Labute approximate surface area is 189 Å². The number of halogens is 2. The Hall–Kier alpha value is -3.64. The van der Waals surface area contributed by atoms with E-state index in [0.29, 0.717) is 28.7 Å². The van der Waals surface area contributed by atoms with Crippen molar-refractivity contribution in [2.24, 2.45) is 4.99 Å². The van der Waals surface area contributed by atoms with Gasteiger partial charge >= 0.3 is 5.97 Å². The summed E-state index contributed by atoms with van der Waals surface area (Å²) in [5.41, 5.74) is 2.84. The fourth-order valence-electron chi connectivity index (χ4n) is 3.12. The average molecular weight is 452 g/mol. The molecule has 0 aromatic heterocycles. The summed E-state index contributed by atoms with van der Waals surface area (Å²) in [7, 11) is 1.50. The third-order valence-corrected chi connectivity index (χ3v) is 5.06. The Kier molecular flexibility index (Phi) is 6.23. The number of rotatable bonds is 6. The molecule has 7 heteroatoms. The van der Waals surface area contributed by atoms with Crippen molar-refractivity contribution in [1.82, 2.24) is 0 Å². The third-order valence-electron chi connectivity index (χ3n) is 4.78. The SMILES string of the molecule is COc1cc(/C=C2\N=C(c3ccccc3F)OC2=O)cc(Cl)c1OCc1ccc(C)cc1. The van der Waals surface area contributed by atoms with Crippen LogP contribution in [0.25, 0.3) is 6.08 Å². The lowest BCUT2D eigenvalue weighted by atomic mass is 10.1. The van der Waals surface area contributed by atoms with Gasteiger partial charge in [-0.15, -0.1) is 0 Å². The molecule has 1 aliphatic rings. The van der Waals surface area contributed by atoms with Crippen molar-refractivity contribution in [3.8, 4) is 11.5 Å². The van der Waals surface area contributed by atoms with Crippen LogP contribution in [0.5, 0.6) is 11.5 Å². The van der Waals surface area contributed by atoms with Crippen LogP contribution < -0.4 is 9.47 Å². The number of carbonyl (C=O) groups excluding carboxylic acids is 1. The van der Waals surface area contributed by atoms with Crippen molar-refractivity contribution >= 4 is 29.5 Å². The van der Waals surface area contributed by atoms with Gasteiger partial charge in [-0.25, -0.2) is 14.2 Å². The molecule has 0 atom stereocenters. The number of esters is 1. The minimum absolute atomic E-state index is 0.0229. The highest BCUT2D eigenvalue weighted by Gasteiger charge is 2.26. The molecule has 0 N–H and O–H groups in total. The van der Waals surface area contributed by atoms with Gasteiger partial charge in [0, 0.05) is 0 Å². The van der Waals surface area contributed by atoms with Gasteiger partial charge in [0.05, 0.1) is 17.7 Å². The van der Waals surface area contributed by atoms with Gasteiger partial charge in [0.1, 0.15) is 12.4 Å². The number of ether oxygens (including phenoxy) is 3. The Morgan fingerprint density at radius 3 is 2.59 bits per heavy atom. The Bertz CT molecular complexity index is 1240. The molecule has 3 aromatic rings. The average Bonchev–Trinajstić information content (AvgIpc) is 3.14. The first-order valence-corrected chi connectivity index (χ1v) is 10.2. The third kappa shape index (κ3) is 4.65. The topological polar surface area (TPSA) is 57.1 Å². The van der Waals surface area contributed by atoms with Crippen molar-refractivity contribution < 1.29 is 23.4 Å². The van der Waals surface area contributed by atoms with Crippen LogP contribution in [0.4, 0.5) is 4.39 Å². The number of hydrogen-bond donors (Lipinski definition) is 0. The molecule has 0 spiro atoms. The van der Waals surface area contributed by atoms with Crippen LogP contribution in [0, 0.1) is 12.7 Å². The van der Waals surface area contributed by atoms with Crippen LogP contribution >= 0.6 is 11.6 Å². The number of aliphatic imine (C=N–C) groups is 1. The van der Waals surface area contributed by atoms with Gasteiger partial charge < -0.3 is 14.2 Å². The second-order valence-corrected chi connectivity index (χ2v) is 7.53. The monoisotopic (exact) mass is 451 g/mol. The standard InChI is InChI=1S/C25H19ClFNO4/c1-15-7-9-16(10-8-15)14-31-23-19(26)11-17(13-22(23)30-2)12-21-25(29)32-24(28-21)18-5-3-4-6-20(18)27/h3-13H,14H2,1-2H3/b21-12-. The zero-order valence-corrected chi connectivity index (χ0v) is 18.2. The van der Waals surface area contributed by atoms with Crippen molar-refractivity contribution in [3.63, 3.8) is 0 Å². The smallest absolute Gasteiger partial charge is 0.363 e. The maximum Gasteiger partial charge on any atom is 0.363 e. The first-order chi connectivity index (χ1) is 15.4. The normalized spacial score (nSPS) is 14.3. The van der Waals surface area contributed by atoms with Gasteiger partial charge in [-0.3, -0.25) is 0 Å². The summed E-state index contributed by atoms with van der Waals surface area (Å²) in [6.07, 6.45) is 1.49. The number of hydrogen-bond acceptors (Lipinski definition) is 5. The van der Waals surface area contributed by atoms with Gasteiger partial charge in [-0.05, 0) is 48.4 Å². The summed E-state index contributed by atoms with van der Waals surface area (Å²) < 4.78 is 30.4. The molecule has 1 heterocycles. The molecule has 0 radical (unpaired) electrons. The minimum Gasteiger partial charge on any atom is -0.493 e. The van der Waals surface area contributed by atoms with Crippen LogP contribution in [0.1, 0.15) is 22.3 Å². The van der Waals surface area contributed by atoms with Crippen LogP contribution in [-0.2, 0) is 16.1 Å².